The zero-order valence-electron chi connectivity index (χ0n) is 16.7. The fraction of sp³-hybridized carbons (Fsp3) is 0.316. The summed E-state index contributed by atoms with van der Waals surface area (Å²) in [5.41, 5.74) is -0.0968. The van der Waals surface area contributed by atoms with Crippen molar-refractivity contribution in [1.29, 1.82) is 0 Å². The number of carbonyl (C=O) groups excluding carboxylic acids is 2. The van der Waals surface area contributed by atoms with Crippen LogP contribution in [-0.4, -0.2) is 67.5 Å². The number of hydrogen-bond acceptors (Lipinski definition) is 9. The highest BCUT2D eigenvalue weighted by Gasteiger charge is 2.54. The van der Waals surface area contributed by atoms with E-state index in [1.807, 2.05) is 17.5 Å². The molecule has 0 radical (unpaired) electrons. The number of aliphatic carboxylic acids is 1. The van der Waals surface area contributed by atoms with Crippen LogP contribution in [0.1, 0.15) is 4.88 Å². The van der Waals surface area contributed by atoms with Crippen molar-refractivity contribution in [2.24, 2.45) is 0 Å². The molecule has 2 aliphatic heterocycles. The van der Waals surface area contributed by atoms with E-state index in [4.69, 9.17) is 4.84 Å². The maximum atomic E-state index is 12.7. The summed E-state index contributed by atoms with van der Waals surface area (Å²) in [6, 6.07) is 4.53. The number of fused-ring (bicyclic) bond motifs is 1. The van der Waals surface area contributed by atoms with E-state index in [2.05, 4.69) is 10.3 Å². The van der Waals surface area contributed by atoms with Crippen molar-refractivity contribution in [3.05, 3.63) is 56.4 Å². The van der Waals surface area contributed by atoms with Crippen LogP contribution in [0.3, 0.4) is 0 Å². The summed E-state index contributed by atoms with van der Waals surface area (Å²) in [6.45, 7) is 0. The summed E-state index contributed by atoms with van der Waals surface area (Å²) in [6.07, 6.45) is 1.61. The summed E-state index contributed by atoms with van der Waals surface area (Å²) in [5, 5.41) is 14.3. The first-order chi connectivity index (χ1) is 15.4. The Labute approximate surface area is 194 Å². The van der Waals surface area contributed by atoms with Gasteiger partial charge in [0.15, 0.2) is 0 Å². The van der Waals surface area contributed by atoms with Crippen molar-refractivity contribution < 1.29 is 24.3 Å². The average Bonchev–Trinajstić information content (AvgIpc) is 3.28. The first-order valence-corrected chi connectivity index (χ1v) is 12.3. The minimum atomic E-state index is -1.20. The third kappa shape index (κ3) is 4.40. The Morgan fingerprint density at radius 2 is 2.19 bits per heavy atom. The Bertz CT molecular complexity index is 1150. The van der Waals surface area contributed by atoms with Gasteiger partial charge in [0.05, 0.1) is 12.6 Å². The van der Waals surface area contributed by atoms with Gasteiger partial charge in [0.25, 0.3) is 5.91 Å². The summed E-state index contributed by atoms with van der Waals surface area (Å²) < 4.78 is 0.971. The van der Waals surface area contributed by atoms with Gasteiger partial charge in [0.2, 0.25) is 5.91 Å². The van der Waals surface area contributed by atoms with Gasteiger partial charge in [-0.15, -0.1) is 39.6 Å². The van der Waals surface area contributed by atoms with Gasteiger partial charge in [-0.05, 0) is 23.1 Å². The molecule has 4 heterocycles. The number of thioether (sulfide) groups is 2. The number of thiophene rings is 1. The molecule has 0 aliphatic carbocycles. The predicted octanol–water partition coefficient (Wildman–Crippen LogP) is 0.437. The number of nitrogens with zero attached hydrogens (tertiary/aromatic N) is 3. The molecule has 2 aromatic rings. The fourth-order valence-corrected chi connectivity index (χ4v) is 6.39. The molecule has 2 N–H and O–H groups in total. The molecule has 0 saturated carbocycles. The van der Waals surface area contributed by atoms with Crippen LogP contribution in [0, 0.1) is 0 Å². The van der Waals surface area contributed by atoms with E-state index < -0.39 is 29.0 Å². The Morgan fingerprint density at radius 3 is 2.84 bits per heavy atom. The lowest BCUT2D eigenvalue weighted by Crippen LogP contribution is -2.70. The Balaban J connectivity index is 1.44. The van der Waals surface area contributed by atoms with E-state index in [-0.39, 0.29) is 23.8 Å². The molecular weight excluding hydrogens is 476 g/mol. The van der Waals surface area contributed by atoms with Gasteiger partial charge in [-0.2, -0.15) is 4.98 Å². The smallest absolute Gasteiger partial charge is 0.381 e. The number of aromatic nitrogens is 2. The number of rotatable bonds is 8. The van der Waals surface area contributed by atoms with E-state index >= 15 is 0 Å². The Kier molecular flexibility index (Phi) is 6.58. The highest BCUT2D eigenvalue weighted by molar-refractivity contribution is 8.01. The number of carbonyl (C=O) groups is 3. The molecule has 1 saturated heterocycles. The van der Waals surface area contributed by atoms with E-state index in [1.54, 1.807) is 6.07 Å². The summed E-state index contributed by atoms with van der Waals surface area (Å²) in [7, 11) is 1.34. The van der Waals surface area contributed by atoms with Gasteiger partial charge in [-0.1, -0.05) is 6.07 Å². The molecule has 2 aromatic heterocycles. The maximum Gasteiger partial charge on any atom is 0.381 e. The predicted molar refractivity (Wildman–Crippen MR) is 119 cm³/mol. The van der Waals surface area contributed by atoms with Gasteiger partial charge >= 0.3 is 11.7 Å². The van der Waals surface area contributed by atoms with Crippen molar-refractivity contribution in [3.8, 4) is 0 Å². The minimum absolute atomic E-state index is 0.0692. The van der Waals surface area contributed by atoms with E-state index in [0.717, 1.165) is 9.61 Å². The van der Waals surface area contributed by atoms with Crippen LogP contribution >= 0.6 is 34.9 Å². The van der Waals surface area contributed by atoms with Crippen molar-refractivity contribution in [2.45, 2.75) is 22.9 Å². The lowest BCUT2D eigenvalue weighted by molar-refractivity contribution is -0.150. The van der Waals surface area contributed by atoms with Crippen LogP contribution in [0.2, 0.25) is 0 Å². The highest BCUT2D eigenvalue weighted by atomic mass is 32.2. The first-order valence-electron chi connectivity index (χ1n) is 9.37. The third-order valence-corrected chi connectivity index (χ3v) is 8.05. The second-order valence-corrected chi connectivity index (χ2v) is 9.95. The van der Waals surface area contributed by atoms with Crippen molar-refractivity contribution in [1.82, 2.24) is 19.9 Å². The third-order valence-electron chi connectivity index (χ3n) is 4.82. The number of hydrogen-bond donors (Lipinski definition) is 2. The molecule has 32 heavy (non-hydrogen) atoms. The second-order valence-electron chi connectivity index (χ2n) is 6.81. The fourth-order valence-electron chi connectivity index (χ4n) is 3.35. The van der Waals surface area contributed by atoms with Crippen molar-refractivity contribution >= 4 is 52.6 Å². The van der Waals surface area contributed by atoms with Crippen LogP contribution < -0.4 is 15.8 Å². The number of carboxylic acid groups (broad SMARTS) is 1. The molecule has 2 atom stereocenters. The van der Waals surface area contributed by atoms with Gasteiger partial charge in [-0.3, -0.25) is 14.5 Å². The molecule has 2 aliphatic rings. The molecule has 10 nitrogen and oxygen atoms in total. The van der Waals surface area contributed by atoms with Gasteiger partial charge < -0.3 is 15.3 Å². The summed E-state index contributed by atoms with van der Waals surface area (Å²) in [4.78, 5) is 59.6. The van der Waals surface area contributed by atoms with E-state index in [9.17, 15) is 24.3 Å². The summed E-state index contributed by atoms with van der Waals surface area (Å²) in [5.74, 6) is -1.28. The van der Waals surface area contributed by atoms with Crippen LogP contribution in [0.15, 0.2) is 50.9 Å². The molecular formula is C19H18N4O6S3. The number of nitrogens with one attached hydrogen (secondary N) is 1. The van der Waals surface area contributed by atoms with Gasteiger partial charge in [0, 0.05) is 16.4 Å². The van der Waals surface area contributed by atoms with Crippen LogP contribution in [0.4, 0.5) is 0 Å². The van der Waals surface area contributed by atoms with Gasteiger partial charge in [0.1, 0.15) is 29.2 Å². The van der Waals surface area contributed by atoms with Crippen LogP contribution in [-0.2, 0) is 20.8 Å². The minimum Gasteiger partial charge on any atom is -0.477 e. The number of amides is 2. The quantitative estimate of drug-likeness (QED) is 0.305. The molecule has 1 fully saturated rings. The molecule has 4 rings (SSSR count). The van der Waals surface area contributed by atoms with E-state index in [1.165, 1.54) is 53.1 Å². The average molecular weight is 495 g/mol. The summed E-state index contributed by atoms with van der Waals surface area (Å²) >= 11 is 4.06. The SMILES string of the molecule is COn1ccc(SCC2=C(C(=O)O)N3C(=O)[C@@H](NC(=O)Cc4cccs4)[C@H]3SC2)nc1=O. The normalized spacial score (nSPS) is 19.9. The Morgan fingerprint density at radius 1 is 1.38 bits per heavy atom. The highest BCUT2D eigenvalue weighted by Crippen LogP contribution is 2.41. The number of carboxylic acids is 1. The standard InChI is InChI=1S/C19H18N4O6S3/c1-29-22-5-4-13(21-19(22)28)31-8-10-9-32-17-14(16(25)23(17)15(10)18(26)27)20-12(24)7-11-3-2-6-30-11/h2-6,14,17H,7-9H2,1H3,(H,20,24)(H,26,27)/t14-,17-/m1/s1. The molecule has 0 bridgehead atoms. The number of β-lactam (4-membered cyclic amide) rings is 1. The molecule has 13 heteroatoms. The molecule has 0 unspecified atom stereocenters. The second kappa shape index (κ2) is 9.38. The maximum absolute atomic E-state index is 12.7. The van der Waals surface area contributed by atoms with Crippen LogP contribution in [0.5, 0.6) is 0 Å². The first kappa shape index (κ1) is 22.4. The molecule has 2 amide bonds. The van der Waals surface area contributed by atoms with Crippen LogP contribution in [0.25, 0.3) is 0 Å². The zero-order valence-corrected chi connectivity index (χ0v) is 19.2. The molecule has 168 valence electrons. The lowest BCUT2D eigenvalue weighted by atomic mass is 10.0. The monoisotopic (exact) mass is 494 g/mol. The molecule has 0 aromatic carbocycles. The molecule has 0 spiro atoms. The largest absolute Gasteiger partial charge is 0.477 e. The topological polar surface area (TPSA) is 131 Å². The zero-order chi connectivity index (χ0) is 22.8. The van der Waals surface area contributed by atoms with Crippen molar-refractivity contribution in [2.75, 3.05) is 18.6 Å². The van der Waals surface area contributed by atoms with Crippen molar-refractivity contribution in [3.63, 3.8) is 0 Å². The van der Waals surface area contributed by atoms with Gasteiger partial charge in [-0.25, -0.2) is 9.59 Å². The lowest BCUT2D eigenvalue weighted by Gasteiger charge is -2.49. The van der Waals surface area contributed by atoms with E-state index in [0.29, 0.717) is 16.4 Å². The Hall–Kier alpha value is -2.77.